The van der Waals surface area contributed by atoms with Gasteiger partial charge in [-0.3, -0.25) is 0 Å². The van der Waals surface area contributed by atoms with E-state index in [0.717, 1.165) is 56.8 Å². The summed E-state index contributed by atoms with van der Waals surface area (Å²) in [5.74, 6) is 2.30. The fraction of sp³-hybridized carbons (Fsp3) is 1.00. The van der Waals surface area contributed by atoms with Gasteiger partial charge in [0.2, 0.25) is 0 Å². The van der Waals surface area contributed by atoms with Crippen molar-refractivity contribution in [1.29, 1.82) is 0 Å². The van der Waals surface area contributed by atoms with Crippen molar-refractivity contribution in [1.82, 2.24) is 0 Å². The Kier molecular flexibility index (Phi) is 3.90. The van der Waals surface area contributed by atoms with Gasteiger partial charge >= 0.3 is 0 Å². The Balaban J connectivity index is 1.28. The number of ether oxygens (including phenoxy) is 4. The largest absolute Gasteiger partial charge is 0.378 e. The lowest BCUT2D eigenvalue weighted by Gasteiger charge is -2.34. The second kappa shape index (κ2) is 5.69. The molecule has 4 rings (SSSR count). The van der Waals surface area contributed by atoms with Gasteiger partial charge < -0.3 is 18.9 Å². The van der Waals surface area contributed by atoms with Gasteiger partial charge in [-0.2, -0.15) is 0 Å². The van der Waals surface area contributed by atoms with E-state index in [-0.39, 0.29) is 0 Å². The van der Waals surface area contributed by atoms with Gasteiger partial charge in [0.15, 0.2) is 0 Å². The monoisotopic (exact) mass is 298 g/mol. The van der Waals surface area contributed by atoms with E-state index in [1.54, 1.807) is 0 Å². The van der Waals surface area contributed by atoms with Crippen LogP contribution in [0.2, 0.25) is 5.54 Å². The summed E-state index contributed by atoms with van der Waals surface area (Å²) in [6, 6.07) is 0. The molecule has 2 aliphatic carbocycles. The second-order valence-electron chi connectivity index (χ2n) is 7.11. The zero-order valence-corrected chi connectivity index (χ0v) is 14.3. The van der Waals surface area contributed by atoms with Crippen molar-refractivity contribution in [2.75, 3.05) is 33.0 Å². The van der Waals surface area contributed by atoms with E-state index in [9.17, 15) is 0 Å². The molecule has 0 aromatic heterocycles. The fourth-order valence-corrected chi connectivity index (χ4v) is 5.53. The fourth-order valence-electron chi connectivity index (χ4n) is 4.27. The maximum Gasteiger partial charge on any atom is 0.104 e. The highest BCUT2D eigenvalue weighted by atomic mass is 28.1. The molecule has 2 aliphatic heterocycles. The average Bonchev–Trinajstić information content (AvgIpc) is 3.33. The highest BCUT2D eigenvalue weighted by Gasteiger charge is 2.51. The topological polar surface area (TPSA) is 43.5 Å². The molecule has 4 aliphatic rings. The number of fused-ring (bicyclic) bond motifs is 2. The van der Waals surface area contributed by atoms with Crippen LogP contribution in [0.25, 0.3) is 0 Å². The molecule has 0 aromatic carbocycles. The van der Waals surface area contributed by atoms with Gasteiger partial charge in [-0.1, -0.05) is 6.42 Å². The molecule has 114 valence electrons. The van der Waals surface area contributed by atoms with Crippen LogP contribution in [0, 0.1) is 17.8 Å². The standard InChI is InChI=1S/C15H26O4Si/c20-14-4-9-3-12(14)15(17-2-1-10-6-18-10)13(9)8-16-5-11-7-19-11/h9-15H,1-8H2,20H3. The van der Waals surface area contributed by atoms with Crippen LogP contribution in [0.5, 0.6) is 0 Å². The molecule has 4 fully saturated rings. The van der Waals surface area contributed by atoms with Crippen molar-refractivity contribution >= 4 is 10.2 Å². The lowest BCUT2D eigenvalue weighted by molar-refractivity contribution is -0.0516. The number of hydrogen-bond acceptors (Lipinski definition) is 4. The maximum atomic E-state index is 6.27. The molecule has 20 heavy (non-hydrogen) atoms. The Morgan fingerprint density at radius 3 is 2.60 bits per heavy atom. The molecule has 0 radical (unpaired) electrons. The van der Waals surface area contributed by atoms with Gasteiger partial charge in [0.1, 0.15) is 6.10 Å². The summed E-state index contributed by atoms with van der Waals surface area (Å²) in [7, 11) is 1.32. The molecule has 2 saturated carbocycles. The highest BCUT2D eigenvalue weighted by molar-refractivity contribution is 6.12. The molecule has 5 heteroatoms. The third-order valence-electron chi connectivity index (χ3n) is 5.60. The molecule has 0 amide bonds. The van der Waals surface area contributed by atoms with E-state index in [4.69, 9.17) is 18.9 Å². The molecule has 7 unspecified atom stereocenters. The Labute approximate surface area is 123 Å². The summed E-state index contributed by atoms with van der Waals surface area (Å²) in [6.45, 7) is 4.35. The Morgan fingerprint density at radius 1 is 1.05 bits per heavy atom. The summed E-state index contributed by atoms with van der Waals surface area (Å²) in [4.78, 5) is 0. The Hall–Kier alpha value is 0.0569. The van der Waals surface area contributed by atoms with Crippen LogP contribution in [-0.2, 0) is 18.9 Å². The zero-order valence-electron chi connectivity index (χ0n) is 12.3. The Bertz CT molecular complexity index is 345. The first-order valence-corrected chi connectivity index (χ1v) is 9.39. The average molecular weight is 298 g/mol. The minimum atomic E-state index is 0.381. The first-order valence-electron chi connectivity index (χ1n) is 8.24. The van der Waals surface area contributed by atoms with Crippen LogP contribution >= 0.6 is 0 Å². The van der Waals surface area contributed by atoms with Crippen LogP contribution < -0.4 is 0 Å². The van der Waals surface area contributed by atoms with Gasteiger partial charge in [-0.15, -0.1) is 0 Å². The molecule has 2 saturated heterocycles. The molecule has 0 spiro atoms. The SMILES string of the molecule is [SiH3]C1CC2CC1C(OCCC1CO1)C2COCC1CO1. The minimum absolute atomic E-state index is 0.381. The van der Waals surface area contributed by atoms with E-state index < -0.39 is 0 Å². The lowest BCUT2D eigenvalue weighted by atomic mass is 9.86. The van der Waals surface area contributed by atoms with Crippen LogP contribution in [0.4, 0.5) is 0 Å². The van der Waals surface area contributed by atoms with Gasteiger partial charge in [0, 0.05) is 22.8 Å². The van der Waals surface area contributed by atoms with E-state index in [1.165, 1.54) is 23.1 Å². The van der Waals surface area contributed by atoms with Crippen molar-refractivity contribution in [2.45, 2.75) is 43.1 Å². The van der Waals surface area contributed by atoms with Gasteiger partial charge in [-0.25, -0.2) is 0 Å². The van der Waals surface area contributed by atoms with E-state index in [2.05, 4.69) is 0 Å². The molecule has 0 aromatic rings. The van der Waals surface area contributed by atoms with Crippen molar-refractivity contribution in [3.8, 4) is 0 Å². The lowest BCUT2D eigenvalue weighted by Crippen LogP contribution is -2.36. The molecule has 7 atom stereocenters. The first kappa shape index (κ1) is 13.7. The number of rotatable bonds is 8. The quantitative estimate of drug-likeness (QED) is 0.480. The molecule has 2 heterocycles. The van der Waals surface area contributed by atoms with E-state index in [1.807, 2.05) is 0 Å². The number of epoxide rings is 2. The number of hydrogen-bond donors (Lipinski definition) is 0. The predicted octanol–water partition coefficient (Wildman–Crippen LogP) is 0.386. The Morgan fingerprint density at radius 2 is 1.85 bits per heavy atom. The summed E-state index contributed by atoms with van der Waals surface area (Å²) in [6.07, 6.45) is 5.20. The van der Waals surface area contributed by atoms with Crippen molar-refractivity contribution < 1.29 is 18.9 Å². The highest BCUT2D eigenvalue weighted by Crippen LogP contribution is 2.54. The molecular formula is C15H26O4Si. The van der Waals surface area contributed by atoms with Gasteiger partial charge in [0.05, 0.1) is 38.6 Å². The maximum absolute atomic E-state index is 6.27. The van der Waals surface area contributed by atoms with E-state index in [0.29, 0.717) is 24.2 Å². The third-order valence-corrected chi connectivity index (χ3v) is 6.93. The predicted molar refractivity (Wildman–Crippen MR) is 78.0 cm³/mol. The van der Waals surface area contributed by atoms with Crippen LogP contribution in [0.3, 0.4) is 0 Å². The summed E-state index contributed by atoms with van der Waals surface area (Å²) >= 11 is 0. The van der Waals surface area contributed by atoms with Crippen molar-refractivity contribution in [2.24, 2.45) is 17.8 Å². The molecule has 0 N–H and O–H groups in total. The van der Waals surface area contributed by atoms with Crippen molar-refractivity contribution in [3.63, 3.8) is 0 Å². The van der Waals surface area contributed by atoms with Crippen LogP contribution in [0.15, 0.2) is 0 Å². The van der Waals surface area contributed by atoms with Gasteiger partial charge in [0.25, 0.3) is 0 Å². The third kappa shape index (κ3) is 2.97. The normalized spacial score (nSPS) is 48.9. The molecule has 4 nitrogen and oxygen atoms in total. The van der Waals surface area contributed by atoms with E-state index >= 15 is 0 Å². The summed E-state index contributed by atoms with van der Waals surface area (Å²) in [5, 5.41) is 0. The van der Waals surface area contributed by atoms with Crippen LogP contribution in [-0.4, -0.2) is 61.6 Å². The van der Waals surface area contributed by atoms with Gasteiger partial charge in [-0.05, 0) is 30.2 Å². The smallest absolute Gasteiger partial charge is 0.104 e. The second-order valence-corrected chi connectivity index (χ2v) is 8.59. The summed E-state index contributed by atoms with van der Waals surface area (Å²) in [5.41, 5.74) is 0.963. The first-order chi connectivity index (χ1) is 9.81. The zero-order chi connectivity index (χ0) is 13.5. The molecular weight excluding hydrogens is 272 g/mol. The minimum Gasteiger partial charge on any atom is -0.378 e. The van der Waals surface area contributed by atoms with Crippen LogP contribution in [0.1, 0.15) is 19.3 Å². The van der Waals surface area contributed by atoms with Crippen molar-refractivity contribution in [3.05, 3.63) is 0 Å². The molecule has 2 bridgehead atoms. The summed E-state index contributed by atoms with van der Waals surface area (Å²) < 4.78 is 22.6.